The highest BCUT2D eigenvalue weighted by molar-refractivity contribution is 7.08. The van der Waals surface area contributed by atoms with Crippen molar-refractivity contribution in [2.75, 3.05) is 45.1 Å². The van der Waals surface area contributed by atoms with E-state index in [1.807, 2.05) is 5.38 Å². The van der Waals surface area contributed by atoms with Gasteiger partial charge in [-0.05, 0) is 53.7 Å². The molecule has 0 spiro atoms. The third-order valence-electron chi connectivity index (χ3n) is 4.67. The van der Waals surface area contributed by atoms with Crippen LogP contribution in [0.1, 0.15) is 11.6 Å². The van der Waals surface area contributed by atoms with Gasteiger partial charge < -0.3 is 15.5 Å². The normalized spacial score (nSPS) is 16.7. The van der Waals surface area contributed by atoms with Gasteiger partial charge in [-0.15, -0.1) is 0 Å². The van der Waals surface area contributed by atoms with E-state index >= 15 is 0 Å². The average Bonchev–Trinajstić information content (AvgIpc) is 3.19. The van der Waals surface area contributed by atoms with Crippen LogP contribution in [0.15, 0.2) is 41.1 Å². The molecule has 1 fully saturated rings. The minimum atomic E-state index is -0.760. The molecule has 3 rings (SSSR count). The zero-order valence-corrected chi connectivity index (χ0v) is 16.0. The number of amides is 2. The number of hydrogen-bond donors (Lipinski definition) is 2. The molecule has 8 heteroatoms. The average molecular weight is 390 g/mol. The molecule has 1 aliphatic heterocycles. The number of likely N-dealkylation sites (N-methyl/N-ethyl adjacent to an activating group) is 1. The number of thiophene rings is 1. The molecule has 6 nitrogen and oxygen atoms in total. The van der Waals surface area contributed by atoms with Crippen molar-refractivity contribution in [1.29, 1.82) is 0 Å². The molecule has 2 aromatic rings. The van der Waals surface area contributed by atoms with Crippen LogP contribution >= 0.6 is 11.3 Å². The third kappa shape index (κ3) is 5.35. The Morgan fingerprint density at radius 1 is 1.11 bits per heavy atom. The summed E-state index contributed by atoms with van der Waals surface area (Å²) in [6.45, 7) is 4.12. The quantitative estimate of drug-likeness (QED) is 0.766. The number of piperazine rings is 1. The van der Waals surface area contributed by atoms with Gasteiger partial charge in [0.25, 0.3) is 0 Å². The second-order valence-electron chi connectivity index (χ2n) is 6.58. The number of nitrogens with one attached hydrogen (secondary N) is 2. The molecule has 144 valence electrons. The lowest BCUT2D eigenvalue weighted by Gasteiger charge is -2.37. The van der Waals surface area contributed by atoms with E-state index < -0.39 is 17.6 Å². The molecule has 1 aromatic carbocycles. The number of carbonyl (C=O) groups is 2. The van der Waals surface area contributed by atoms with Gasteiger partial charge in [0.2, 0.25) is 0 Å². The standard InChI is InChI=1S/C19H23FN4O2S/c1-23-7-9-24(10-8-23)17(14-6-11-27-13-14)12-21-18(25)19(26)22-16-4-2-15(20)3-5-16/h2-6,11,13,17H,7-10,12H2,1H3,(H,21,25)(H,22,26)/t17-/m1/s1. The first-order chi connectivity index (χ1) is 13.0. The fourth-order valence-corrected chi connectivity index (χ4v) is 3.75. The van der Waals surface area contributed by atoms with Crippen molar-refractivity contribution in [3.05, 3.63) is 52.5 Å². The summed E-state index contributed by atoms with van der Waals surface area (Å²) in [4.78, 5) is 28.9. The third-order valence-corrected chi connectivity index (χ3v) is 5.37. The highest BCUT2D eigenvalue weighted by Crippen LogP contribution is 2.23. The summed E-state index contributed by atoms with van der Waals surface area (Å²) in [6.07, 6.45) is 0. The van der Waals surface area contributed by atoms with Gasteiger partial charge in [0, 0.05) is 38.4 Å². The fourth-order valence-electron chi connectivity index (χ4n) is 3.05. The van der Waals surface area contributed by atoms with Crippen molar-refractivity contribution in [2.45, 2.75) is 6.04 Å². The van der Waals surface area contributed by atoms with Gasteiger partial charge in [0.15, 0.2) is 0 Å². The first-order valence-corrected chi connectivity index (χ1v) is 9.76. The SMILES string of the molecule is CN1CCN([C@H](CNC(=O)C(=O)Nc2ccc(F)cc2)c2ccsc2)CC1. The lowest BCUT2D eigenvalue weighted by atomic mass is 10.1. The van der Waals surface area contributed by atoms with E-state index in [0.29, 0.717) is 12.2 Å². The molecule has 1 atom stereocenters. The number of rotatable bonds is 5. The molecule has 0 saturated carbocycles. The molecule has 1 aliphatic rings. The summed E-state index contributed by atoms with van der Waals surface area (Å²) < 4.78 is 12.9. The summed E-state index contributed by atoms with van der Waals surface area (Å²) in [6, 6.07) is 7.38. The van der Waals surface area contributed by atoms with Gasteiger partial charge in [-0.1, -0.05) is 0 Å². The predicted molar refractivity (Wildman–Crippen MR) is 104 cm³/mol. The van der Waals surface area contributed by atoms with Crippen LogP contribution in [0.25, 0.3) is 0 Å². The lowest BCUT2D eigenvalue weighted by molar-refractivity contribution is -0.136. The molecule has 1 saturated heterocycles. The van der Waals surface area contributed by atoms with Crippen LogP contribution in [-0.2, 0) is 9.59 Å². The number of benzene rings is 1. The number of hydrogen-bond acceptors (Lipinski definition) is 5. The molecule has 1 aromatic heterocycles. The maximum absolute atomic E-state index is 12.9. The summed E-state index contributed by atoms with van der Waals surface area (Å²) >= 11 is 1.62. The monoisotopic (exact) mass is 390 g/mol. The highest BCUT2D eigenvalue weighted by Gasteiger charge is 2.25. The Balaban J connectivity index is 1.58. The number of nitrogens with zero attached hydrogens (tertiary/aromatic N) is 2. The van der Waals surface area contributed by atoms with E-state index in [-0.39, 0.29) is 6.04 Å². The van der Waals surface area contributed by atoms with Crippen molar-refractivity contribution < 1.29 is 14.0 Å². The lowest BCUT2D eigenvalue weighted by Crippen LogP contribution is -2.49. The molecule has 2 heterocycles. The molecule has 0 unspecified atom stereocenters. The topological polar surface area (TPSA) is 64.7 Å². The van der Waals surface area contributed by atoms with Crippen LogP contribution in [0.2, 0.25) is 0 Å². The van der Waals surface area contributed by atoms with Crippen LogP contribution in [0.5, 0.6) is 0 Å². The van der Waals surface area contributed by atoms with Gasteiger partial charge in [-0.3, -0.25) is 14.5 Å². The number of anilines is 1. The number of halogens is 1. The molecule has 2 N–H and O–H groups in total. The minimum Gasteiger partial charge on any atom is -0.346 e. The van der Waals surface area contributed by atoms with Crippen molar-refractivity contribution in [3.63, 3.8) is 0 Å². The van der Waals surface area contributed by atoms with Crippen molar-refractivity contribution in [1.82, 2.24) is 15.1 Å². The smallest absolute Gasteiger partial charge is 0.313 e. The van der Waals surface area contributed by atoms with Crippen LogP contribution in [0.4, 0.5) is 10.1 Å². The predicted octanol–water partition coefficient (Wildman–Crippen LogP) is 1.93. The Labute approximate surface area is 162 Å². The summed E-state index contributed by atoms with van der Waals surface area (Å²) in [5, 5.41) is 9.30. The second-order valence-corrected chi connectivity index (χ2v) is 7.36. The van der Waals surface area contributed by atoms with E-state index in [4.69, 9.17) is 0 Å². The van der Waals surface area contributed by atoms with Crippen molar-refractivity contribution >= 4 is 28.8 Å². The molecule has 0 radical (unpaired) electrons. The first-order valence-electron chi connectivity index (χ1n) is 8.82. The Morgan fingerprint density at radius 3 is 2.44 bits per heavy atom. The number of carbonyl (C=O) groups excluding carboxylic acids is 2. The Hall–Kier alpha value is -2.29. The van der Waals surface area contributed by atoms with E-state index in [2.05, 4.69) is 38.9 Å². The molecule has 0 bridgehead atoms. The van der Waals surface area contributed by atoms with Crippen molar-refractivity contribution in [2.24, 2.45) is 0 Å². The summed E-state index contributed by atoms with van der Waals surface area (Å²) in [7, 11) is 2.10. The Kier molecular flexibility index (Phi) is 6.54. The van der Waals surface area contributed by atoms with Crippen LogP contribution < -0.4 is 10.6 Å². The first kappa shape index (κ1) is 19.5. The fraction of sp³-hybridized carbons (Fsp3) is 0.368. The molecular weight excluding hydrogens is 367 g/mol. The van der Waals surface area contributed by atoms with Gasteiger partial charge in [0.05, 0.1) is 6.04 Å². The van der Waals surface area contributed by atoms with E-state index in [9.17, 15) is 14.0 Å². The highest BCUT2D eigenvalue weighted by atomic mass is 32.1. The zero-order valence-electron chi connectivity index (χ0n) is 15.2. The van der Waals surface area contributed by atoms with Crippen molar-refractivity contribution in [3.8, 4) is 0 Å². The second kappa shape index (κ2) is 9.07. The van der Waals surface area contributed by atoms with Gasteiger partial charge in [-0.2, -0.15) is 11.3 Å². The summed E-state index contributed by atoms with van der Waals surface area (Å²) in [5.41, 5.74) is 1.52. The zero-order chi connectivity index (χ0) is 19.2. The van der Waals surface area contributed by atoms with Crippen LogP contribution in [0, 0.1) is 5.82 Å². The molecular formula is C19H23FN4O2S. The molecule has 0 aliphatic carbocycles. The Bertz CT molecular complexity index is 759. The van der Waals surface area contributed by atoms with E-state index in [1.54, 1.807) is 11.3 Å². The van der Waals surface area contributed by atoms with E-state index in [1.165, 1.54) is 24.3 Å². The van der Waals surface area contributed by atoms with Gasteiger partial charge in [0.1, 0.15) is 5.82 Å². The minimum absolute atomic E-state index is 0.0347. The van der Waals surface area contributed by atoms with Crippen LogP contribution in [-0.4, -0.2) is 61.4 Å². The largest absolute Gasteiger partial charge is 0.346 e. The molecule has 27 heavy (non-hydrogen) atoms. The summed E-state index contributed by atoms with van der Waals surface area (Å²) in [5.74, 6) is -1.86. The van der Waals surface area contributed by atoms with Crippen LogP contribution in [0.3, 0.4) is 0 Å². The van der Waals surface area contributed by atoms with Gasteiger partial charge >= 0.3 is 11.8 Å². The van der Waals surface area contributed by atoms with Gasteiger partial charge in [-0.25, -0.2) is 4.39 Å². The Morgan fingerprint density at radius 2 is 1.81 bits per heavy atom. The maximum Gasteiger partial charge on any atom is 0.313 e. The molecule has 2 amide bonds. The van der Waals surface area contributed by atoms with E-state index in [0.717, 1.165) is 31.7 Å². The maximum atomic E-state index is 12.9.